The molecule has 118 valence electrons. The largest absolute Gasteiger partial charge is 0.452 e. The van der Waals surface area contributed by atoms with Gasteiger partial charge in [0.15, 0.2) is 5.75 Å². The first-order chi connectivity index (χ1) is 11.0. The Balaban J connectivity index is 2.20. The summed E-state index contributed by atoms with van der Waals surface area (Å²) >= 11 is 9.24. The number of rotatable bonds is 3. The van der Waals surface area contributed by atoms with Crippen LogP contribution in [0, 0.1) is 17.3 Å². The van der Waals surface area contributed by atoms with Crippen molar-refractivity contribution < 1.29 is 13.9 Å². The number of ether oxygens (including phenoxy) is 2. The number of nitrogens with two attached hydrogens (primary N) is 1. The summed E-state index contributed by atoms with van der Waals surface area (Å²) in [7, 11) is 0. The molecule has 0 fully saturated rings. The molecule has 3 rings (SSSR count). The van der Waals surface area contributed by atoms with Crippen molar-refractivity contribution in [2.75, 3.05) is 13.2 Å². The zero-order chi connectivity index (χ0) is 16.6. The van der Waals surface area contributed by atoms with Crippen LogP contribution < -0.4 is 10.5 Å². The minimum Gasteiger partial charge on any atom is -0.452 e. The number of halogens is 3. The molecule has 1 unspecified atom stereocenters. The molecule has 1 aromatic heterocycles. The summed E-state index contributed by atoms with van der Waals surface area (Å²) in [6, 6.07) is 8.50. The van der Waals surface area contributed by atoms with Crippen LogP contribution in [0.4, 0.5) is 4.39 Å². The Morgan fingerprint density at radius 1 is 1.43 bits per heavy atom. The van der Waals surface area contributed by atoms with Gasteiger partial charge in [0, 0.05) is 15.6 Å². The standard InChI is InChI=1S/C15H10BrClFN3O2/c16-8-1-2-11-9(5-8)15(20,7-22-4-3-19)10-6-12(17)21-14(18)13(10)23-11/h1-2,5-6H,4,7,20H2. The van der Waals surface area contributed by atoms with Gasteiger partial charge in [-0.05, 0) is 24.3 Å². The molecule has 0 aliphatic carbocycles. The van der Waals surface area contributed by atoms with Gasteiger partial charge in [-0.2, -0.15) is 9.65 Å². The van der Waals surface area contributed by atoms with Gasteiger partial charge in [0.25, 0.3) is 5.95 Å². The van der Waals surface area contributed by atoms with Crippen LogP contribution in [0.15, 0.2) is 28.7 Å². The van der Waals surface area contributed by atoms with Crippen molar-refractivity contribution >= 4 is 27.5 Å². The third-order valence-corrected chi connectivity index (χ3v) is 4.20. The van der Waals surface area contributed by atoms with E-state index in [9.17, 15) is 4.39 Å². The van der Waals surface area contributed by atoms with E-state index in [4.69, 9.17) is 32.1 Å². The lowest BCUT2D eigenvalue weighted by Crippen LogP contribution is -2.45. The highest BCUT2D eigenvalue weighted by Gasteiger charge is 2.41. The minimum atomic E-state index is -1.23. The molecule has 1 aliphatic heterocycles. The normalized spacial score (nSPS) is 18.6. The molecule has 1 aliphatic rings. The van der Waals surface area contributed by atoms with Gasteiger partial charge in [-0.25, -0.2) is 4.98 Å². The van der Waals surface area contributed by atoms with Crippen LogP contribution in [0.3, 0.4) is 0 Å². The van der Waals surface area contributed by atoms with Crippen molar-refractivity contribution in [2.45, 2.75) is 5.54 Å². The van der Waals surface area contributed by atoms with Crippen molar-refractivity contribution in [1.82, 2.24) is 4.98 Å². The summed E-state index contributed by atoms with van der Waals surface area (Å²) in [5, 5.41) is 8.62. The molecule has 0 bridgehead atoms. The lowest BCUT2D eigenvalue weighted by Gasteiger charge is -2.36. The van der Waals surface area contributed by atoms with E-state index in [0.717, 1.165) is 4.47 Å². The summed E-state index contributed by atoms with van der Waals surface area (Å²) in [6.45, 7) is -0.181. The Labute approximate surface area is 144 Å². The number of aromatic nitrogens is 1. The predicted octanol–water partition coefficient (Wildman–Crippen LogP) is 3.48. The molecule has 5 nitrogen and oxygen atoms in total. The molecule has 0 amide bonds. The van der Waals surface area contributed by atoms with E-state index in [0.29, 0.717) is 16.9 Å². The molecule has 2 aromatic rings. The first-order valence-electron chi connectivity index (χ1n) is 6.53. The zero-order valence-electron chi connectivity index (χ0n) is 11.6. The highest BCUT2D eigenvalue weighted by Crippen LogP contribution is 2.47. The first kappa shape index (κ1) is 16.1. The summed E-state index contributed by atoms with van der Waals surface area (Å²) in [5.74, 6) is -0.546. The smallest absolute Gasteiger partial charge is 0.257 e. The number of pyridine rings is 1. The lowest BCUT2D eigenvalue weighted by atomic mass is 9.82. The van der Waals surface area contributed by atoms with Gasteiger partial charge in [0.1, 0.15) is 17.5 Å². The molecule has 1 atom stereocenters. The number of hydrogen-bond acceptors (Lipinski definition) is 5. The molecular weight excluding hydrogens is 389 g/mol. The van der Waals surface area contributed by atoms with Crippen molar-refractivity contribution in [2.24, 2.45) is 5.73 Å². The molecule has 2 heterocycles. The Morgan fingerprint density at radius 3 is 2.96 bits per heavy atom. The second-order valence-electron chi connectivity index (χ2n) is 4.98. The van der Waals surface area contributed by atoms with Gasteiger partial charge in [-0.1, -0.05) is 27.5 Å². The summed E-state index contributed by atoms with van der Waals surface area (Å²) in [4.78, 5) is 3.56. The van der Waals surface area contributed by atoms with Crippen molar-refractivity contribution in [3.8, 4) is 17.6 Å². The molecule has 1 aromatic carbocycles. The number of fused-ring (bicyclic) bond motifs is 2. The summed E-state index contributed by atoms with van der Waals surface area (Å²) in [5.41, 5.74) is 6.23. The van der Waals surface area contributed by atoms with E-state index < -0.39 is 11.5 Å². The van der Waals surface area contributed by atoms with Gasteiger partial charge in [-0.15, -0.1) is 0 Å². The van der Waals surface area contributed by atoms with E-state index in [-0.39, 0.29) is 24.1 Å². The molecule has 0 spiro atoms. The Bertz CT molecular complexity index is 827. The van der Waals surface area contributed by atoms with Crippen molar-refractivity contribution in [3.63, 3.8) is 0 Å². The minimum absolute atomic E-state index is 0.0415. The second-order valence-corrected chi connectivity index (χ2v) is 6.28. The molecule has 2 N–H and O–H groups in total. The molecule has 0 radical (unpaired) electrons. The monoisotopic (exact) mass is 397 g/mol. The van der Waals surface area contributed by atoms with Gasteiger partial charge < -0.3 is 15.2 Å². The average molecular weight is 399 g/mol. The predicted molar refractivity (Wildman–Crippen MR) is 84.8 cm³/mol. The average Bonchev–Trinajstić information content (AvgIpc) is 2.50. The second kappa shape index (κ2) is 6.06. The number of hydrogen-bond donors (Lipinski definition) is 1. The van der Waals surface area contributed by atoms with E-state index in [1.54, 1.807) is 18.2 Å². The Hall–Kier alpha value is -1.72. The first-order valence-corrected chi connectivity index (χ1v) is 7.71. The molecule has 0 saturated heterocycles. The van der Waals surface area contributed by atoms with E-state index in [1.165, 1.54) is 6.07 Å². The van der Waals surface area contributed by atoms with Gasteiger partial charge in [-0.3, -0.25) is 0 Å². The van der Waals surface area contributed by atoms with E-state index in [1.807, 2.05) is 6.07 Å². The third-order valence-electron chi connectivity index (χ3n) is 3.51. The summed E-state index contributed by atoms with van der Waals surface area (Å²) < 4.78 is 25.9. The Kier molecular flexibility index (Phi) is 4.25. The maximum Gasteiger partial charge on any atom is 0.257 e. The van der Waals surface area contributed by atoms with Crippen LogP contribution in [0.5, 0.6) is 11.5 Å². The zero-order valence-corrected chi connectivity index (χ0v) is 14.0. The molecule has 23 heavy (non-hydrogen) atoms. The van der Waals surface area contributed by atoms with Crippen LogP contribution in [0.25, 0.3) is 0 Å². The SMILES string of the molecule is N#CCOCC1(N)c2cc(Br)ccc2Oc2c1cc(Cl)nc2F. The van der Waals surface area contributed by atoms with Crippen LogP contribution in [0.1, 0.15) is 11.1 Å². The fraction of sp³-hybridized carbons (Fsp3) is 0.200. The number of nitrogens with zero attached hydrogens (tertiary/aromatic N) is 2. The van der Waals surface area contributed by atoms with Crippen LogP contribution >= 0.6 is 27.5 Å². The summed E-state index contributed by atoms with van der Waals surface area (Å²) in [6.07, 6.45) is 0. The fourth-order valence-corrected chi connectivity index (χ4v) is 3.05. The van der Waals surface area contributed by atoms with E-state index in [2.05, 4.69) is 20.9 Å². The quantitative estimate of drug-likeness (QED) is 0.632. The Morgan fingerprint density at radius 2 is 2.22 bits per heavy atom. The van der Waals surface area contributed by atoms with Crippen LogP contribution in [0.2, 0.25) is 5.15 Å². The van der Waals surface area contributed by atoms with E-state index >= 15 is 0 Å². The highest BCUT2D eigenvalue weighted by atomic mass is 79.9. The third kappa shape index (κ3) is 2.79. The maximum absolute atomic E-state index is 14.2. The molecular formula is C15H10BrClFN3O2. The van der Waals surface area contributed by atoms with Gasteiger partial charge in [0.05, 0.1) is 18.2 Å². The van der Waals surface area contributed by atoms with Crippen molar-refractivity contribution in [1.29, 1.82) is 5.26 Å². The number of nitriles is 1. The fourth-order valence-electron chi connectivity index (χ4n) is 2.51. The maximum atomic E-state index is 14.2. The van der Waals surface area contributed by atoms with Crippen LogP contribution in [-0.4, -0.2) is 18.2 Å². The molecule has 8 heteroatoms. The van der Waals surface area contributed by atoms with Gasteiger partial charge >= 0.3 is 0 Å². The lowest BCUT2D eigenvalue weighted by molar-refractivity contribution is 0.118. The number of benzene rings is 1. The topological polar surface area (TPSA) is 81.2 Å². The van der Waals surface area contributed by atoms with Gasteiger partial charge in [0.2, 0.25) is 0 Å². The molecule has 0 saturated carbocycles. The van der Waals surface area contributed by atoms with Crippen LogP contribution in [-0.2, 0) is 10.3 Å². The highest BCUT2D eigenvalue weighted by molar-refractivity contribution is 9.10. The van der Waals surface area contributed by atoms with Crippen molar-refractivity contribution in [3.05, 3.63) is 51.0 Å².